The molecule has 5 atom stereocenters. The van der Waals surface area contributed by atoms with Crippen LogP contribution in [0, 0.1) is 0 Å². The number of ether oxygens (including phenoxy) is 1. The Morgan fingerprint density at radius 3 is 2.31 bits per heavy atom. The maximum Gasteiger partial charge on any atom is 0.173 e. The Bertz CT molecular complexity index is 167. The first kappa shape index (κ1) is 10.8. The lowest BCUT2D eigenvalue weighted by atomic mass is 9.97. The van der Waals surface area contributed by atoms with Crippen LogP contribution in [0.1, 0.15) is 0 Å². The SMILES string of the molecule is CNC1C(O)OC(CO)[C@H](O)C1O. The lowest BCUT2D eigenvalue weighted by Gasteiger charge is -2.39. The molecule has 1 aliphatic heterocycles. The van der Waals surface area contributed by atoms with Gasteiger partial charge in [-0.05, 0) is 7.05 Å². The molecule has 6 nitrogen and oxygen atoms in total. The average Bonchev–Trinajstić information content (AvgIpc) is 2.12. The van der Waals surface area contributed by atoms with Crippen LogP contribution in [-0.4, -0.2) is 64.7 Å². The third-order valence-electron chi connectivity index (χ3n) is 2.23. The van der Waals surface area contributed by atoms with E-state index in [0.717, 1.165) is 0 Å². The lowest BCUT2D eigenvalue weighted by molar-refractivity contribution is -0.253. The summed E-state index contributed by atoms with van der Waals surface area (Å²) in [6, 6.07) is -0.738. The van der Waals surface area contributed by atoms with Gasteiger partial charge < -0.3 is 30.5 Å². The summed E-state index contributed by atoms with van der Waals surface area (Å²) in [6.07, 6.45) is -4.49. The normalized spacial score (nSPS) is 46.4. The van der Waals surface area contributed by atoms with Crippen molar-refractivity contribution in [3.8, 4) is 0 Å². The van der Waals surface area contributed by atoms with Crippen LogP contribution in [0.2, 0.25) is 0 Å². The number of likely N-dealkylation sites (N-methyl/N-ethyl adjacent to an activating group) is 1. The van der Waals surface area contributed by atoms with Gasteiger partial charge in [-0.2, -0.15) is 0 Å². The third kappa shape index (κ3) is 1.98. The van der Waals surface area contributed by atoms with Gasteiger partial charge in [-0.25, -0.2) is 0 Å². The van der Waals surface area contributed by atoms with Crippen molar-refractivity contribution in [3.05, 3.63) is 0 Å². The van der Waals surface area contributed by atoms with Crippen LogP contribution in [0.25, 0.3) is 0 Å². The Balaban J connectivity index is 2.66. The summed E-state index contributed by atoms with van der Waals surface area (Å²) in [5.74, 6) is 0. The van der Waals surface area contributed by atoms with Crippen molar-refractivity contribution in [2.75, 3.05) is 13.7 Å². The molecule has 4 unspecified atom stereocenters. The van der Waals surface area contributed by atoms with Crippen molar-refractivity contribution in [2.24, 2.45) is 0 Å². The monoisotopic (exact) mass is 193 g/mol. The van der Waals surface area contributed by atoms with Crippen molar-refractivity contribution in [1.29, 1.82) is 0 Å². The van der Waals surface area contributed by atoms with E-state index in [9.17, 15) is 15.3 Å². The van der Waals surface area contributed by atoms with Gasteiger partial charge in [0.1, 0.15) is 18.3 Å². The minimum absolute atomic E-state index is 0.439. The van der Waals surface area contributed by atoms with E-state index in [4.69, 9.17) is 9.84 Å². The van der Waals surface area contributed by atoms with E-state index < -0.39 is 37.3 Å². The molecule has 0 bridgehead atoms. The second-order valence-corrected chi connectivity index (χ2v) is 3.04. The number of hydrogen-bond acceptors (Lipinski definition) is 6. The molecule has 1 rings (SSSR count). The van der Waals surface area contributed by atoms with Crippen molar-refractivity contribution < 1.29 is 25.2 Å². The fraction of sp³-hybridized carbons (Fsp3) is 1.00. The molecule has 0 saturated carbocycles. The van der Waals surface area contributed by atoms with Gasteiger partial charge in [-0.3, -0.25) is 0 Å². The highest BCUT2D eigenvalue weighted by Crippen LogP contribution is 2.18. The average molecular weight is 193 g/mol. The van der Waals surface area contributed by atoms with E-state index in [1.807, 2.05) is 0 Å². The van der Waals surface area contributed by atoms with Crippen LogP contribution in [0.5, 0.6) is 0 Å². The highest BCUT2D eigenvalue weighted by atomic mass is 16.6. The molecule has 0 aliphatic carbocycles. The largest absolute Gasteiger partial charge is 0.394 e. The van der Waals surface area contributed by atoms with Gasteiger partial charge in [0.05, 0.1) is 12.6 Å². The molecule has 0 aromatic carbocycles. The Kier molecular flexibility index (Phi) is 3.60. The van der Waals surface area contributed by atoms with Crippen molar-refractivity contribution in [2.45, 2.75) is 30.6 Å². The Hall–Kier alpha value is -0.240. The van der Waals surface area contributed by atoms with Gasteiger partial charge in [0.25, 0.3) is 0 Å². The van der Waals surface area contributed by atoms with Gasteiger partial charge in [0.15, 0.2) is 6.29 Å². The highest BCUT2D eigenvalue weighted by Gasteiger charge is 2.42. The fourth-order valence-corrected chi connectivity index (χ4v) is 1.41. The smallest absolute Gasteiger partial charge is 0.173 e. The summed E-state index contributed by atoms with van der Waals surface area (Å²) in [5.41, 5.74) is 0. The Morgan fingerprint density at radius 1 is 1.23 bits per heavy atom. The first-order valence-corrected chi connectivity index (χ1v) is 4.09. The fourth-order valence-electron chi connectivity index (χ4n) is 1.41. The number of rotatable bonds is 2. The topological polar surface area (TPSA) is 102 Å². The molecule has 1 aliphatic rings. The van der Waals surface area contributed by atoms with Crippen LogP contribution < -0.4 is 5.32 Å². The van der Waals surface area contributed by atoms with Crippen molar-refractivity contribution in [3.63, 3.8) is 0 Å². The molecular formula is C7H15NO5. The maximum atomic E-state index is 9.45. The van der Waals surface area contributed by atoms with Gasteiger partial charge in [-0.1, -0.05) is 0 Å². The van der Waals surface area contributed by atoms with Gasteiger partial charge in [-0.15, -0.1) is 0 Å². The van der Waals surface area contributed by atoms with E-state index in [1.54, 1.807) is 0 Å². The molecule has 78 valence electrons. The molecule has 6 heteroatoms. The first-order valence-electron chi connectivity index (χ1n) is 4.09. The van der Waals surface area contributed by atoms with Gasteiger partial charge in [0, 0.05) is 0 Å². The summed E-state index contributed by atoms with van der Waals surface area (Å²) >= 11 is 0. The lowest BCUT2D eigenvalue weighted by Crippen LogP contribution is -2.62. The van der Waals surface area contributed by atoms with Gasteiger partial charge >= 0.3 is 0 Å². The molecule has 1 fully saturated rings. The predicted molar refractivity (Wildman–Crippen MR) is 42.8 cm³/mol. The molecule has 1 saturated heterocycles. The first-order chi connectivity index (χ1) is 6.11. The zero-order valence-corrected chi connectivity index (χ0v) is 7.29. The number of nitrogens with one attached hydrogen (secondary N) is 1. The standard InChI is InChI=1S/C7H15NO5/c1-8-4-6(11)5(10)3(2-9)13-7(4)12/h3-12H,2H2,1H3/t3?,4?,5-,6?,7?/m0/s1. The van der Waals surface area contributed by atoms with E-state index >= 15 is 0 Å². The molecule has 0 amide bonds. The minimum atomic E-state index is -1.22. The van der Waals surface area contributed by atoms with E-state index in [1.165, 1.54) is 7.05 Å². The third-order valence-corrected chi connectivity index (χ3v) is 2.23. The van der Waals surface area contributed by atoms with Crippen LogP contribution in [0.4, 0.5) is 0 Å². The molecular weight excluding hydrogens is 178 g/mol. The van der Waals surface area contributed by atoms with E-state index in [-0.39, 0.29) is 0 Å². The van der Waals surface area contributed by atoms with E-state index in [0.29, 0.717) is 0 Å². The molecule has 0 radical (unpaired) electrons. The zero-order valence-electron chi connectivity index (χ0n) is 7.29. The number of aliphatic hydroxyl groups is 4. The second-order valence-electron chi connectivity index (χ2n) is 3.04. The van der Waals surface area contributed by atoms with E-state index in [2.05, 4.69) is 5.32 Å². The predicted octanol–water partition coefficient (Wildman–Crippen LogP) is -2.99. The second kappa shape index (κ2) is 4.32. The molecule has 13 heavy (non-hydrogen) atoms. The number of aliphatic hydroxyl groups excluding tert-OH is 4. The summed E-state index contributed by atoms with van der Waals surface area (Å²) < 4.78 is 4.85. The van der Waals surface area contributed by atoms with Gasteiger partial charge in [0.2, 0.25) is 0 Å². The van der Waals surface area contributed by atoms with Crippen LogP contribution >= 0.6 is 0 Å². The molecule has 1 heterocycles. The quantitative estimate of drug-likeness (QED) is 0.320. The zero-order chi connectivity index (χ0) is 10.0. The minimum Gasteiger partial charge on any atom is -0.394 e. The molecule has 5 N–H and O–H groups in total. The highest BCUT2D eigenvalue weighted by molar-refractivity contribution is 4.91. The molecule has 0 aromatic rings. The summed E-state index contributed by atoms with van der Waals surface area (Å²) in [7, 11) is 1.53. The number of hydrogen-bond donors (Lipinski definition) is 5. The van der Waals surface area contributed by atoms with Crippen molar-refractivity contribution >= 4 is 0 Å². The maximum absolute atomic E-state index is 9.45. The van der Waals surface area contributed by atoms with Crippen LogP contribution in [-0.2, 0) is 4.74 Å². The van der Waals surface area contributed by atoms with Crippen LogP contribution in [0.15, 0.2) is 0 Å². The summed E-state index contributed by atoms with van der Waals surface area (Å²) in [6.45, 7) is -0.439. The summed E-state index contributed by atoms with van der Waals surface area (Å²) in [4.78, 5) is 0. The Labute approximate surface area is 75.8 Å². The summed E-state index contributed by atoms with van der Waals surface area (Å²) in [5, 5.41) is 39.4. The molecule has 0 spiro atoms. The molecule has 0 aromatic heterocycles. The van der Waals surface area contributed by atoms with Crippen LogP contribution in [0.3, 0.4) is 0 Å². The van der Waals surface area contributed by atoms with Crippen molar-refractivity contribution in [1.82, 2.24) is 5.32 Å². The Morgan fingerprint density at radius 2 is 1.85 bits per heavy atom.